The number of nitriles is 1. The molecule has 3 aromatic rings. The van der Waals surface area contributed by atoms with Crippen LogP contribution in [0.2, 0.25) is 0 Å². The number of nitrogens with one attached hydrogen (secondary N) is 1. The van der Waals surface area contributed by atoms with Crippen molar-refractivity contribution in [3.05, 3.63) is 83.4 Å². The monoisotopic (exact) mass is 441 g/mol. The molecule has 2 amide bonds. The molecule has 0 fully saturated rings. The highest BCUT2D eigenvalue weighted by molar-refractivity contribution is 7.99. The number of aryl methyl sites for hydroxylation is 1. The maximum Gasteiger partial charge on any atom is 0.259 e. The molecule has 3 aromatic carbocycles. The predicted octanol–water partition coefficient (Wildman–Crippen LogP) is 5.65. The molecule has 0 aromatic heterocycles. The van der Waals surface area contributed by atoms with Gasteiger partial charge in [0, 0.05) is 28.9 Å². The zero-order valence-corrected chi connectivity index (χ0v) is 18.6. The zero-order chi connectivity index (χ0) is 22.5. The minimum atomic E-state index is -0.0573. The Morgan fingerprint density at radius 1 is 1.03 bits per heavy atom. The predicted molar refractivity (Wildman–Crippen MR) is 127 cm³/mol. The number of rotatable bonds is 6. The van der Waals surface area contributed by atoms with Crippen LogP contribution in [-0.2, 0) is 11.2 Å². The van der Waals surface area contributed by atoms with E-state index in [1.54, 1.807) is 23.7 Å². The summed E-state index contributed by atoms with van der Waals surface area (Å²) in [6.07, 6.45) is 2.99. The van der Waals surface area contributed by atoms with Crippen LogP contribution in [-0.4, -0.2) is 18.9 Å². The van der Waals surface area contributed by atoms with Gasteiger partial charge in [-0.3, -0.25) is 9.59 Å². The average Bonchev–Trinajstić information content (AvgIpc) is 2.92. The Hall–Kier alpha value is -3.56. The van der Waals surface area contributed by atoms with Gasteiger partial charge in [0.05, 0.1) is 22.9 Å². The minimum Gasteiger partial charge on any atom is -0.326 e. The summed E-state index contributed by atoms with van der Waals surface area (Å²) in [5.74, 6) is -0.0959. The number of fused-ring (bicyclic) bond motifs is 2. The van der Waals surface area contributed by atoms with Crippen LogP contribution in [0.15, 0.2) is 76.5 Å². The molecular formula is C26H23N3O2S. The van der Waals surface area contributed by atoms with Gasteiger partial charge in [0.2, 0.25) is 5.91 Å². The molecule has 6 heteroatoms. The molecule has 1 heterocycles. The molecule has 4 rings (SSSR count). The van der Waals surface area contributed by atoms with Gasteiger partial charge < -0.3 is 10.2 Å². The molecule has 0 spiro atoms. The van der Waals surface area contributed by atoms with Gasteiger partial charge in [-0.15, -0.1) is 0 Å². The summed E-state index contributed by atoms with van der Waals surface area (Å²) in [6.45, 7) is 0. The third-order valence-corrected chi connectivity index (χ3v) is 6.59. The van der Waals surface area contributed by atoms with E-state index in [9.17, 15) is 9.59 Å². The van der Waals surface area contributed by atoms with Crippen LogP contribution in [0.4, 0.5) is 11.4 Å². The Bertz CT molecular complexity index is 1200. The first-order valence-corrected chi connectivity index (χ1v) is 11.3. The Labute approximate surface area is 192 Å². The molecule has 0 bridgehead atoms. The summed E-state index contributed by atoms with van der Waals surface area (Å²) >= 11 is 1.56. The van der Waals surface area contributed by atoms with E-state index in [-0.39, 0.29) is 11.8 Å². The van der Waals surface area contributed by atoms with Crippen molar-refractivity contribution in [2.24, 2.45) is 0 Å². The Kier molecular flexibility index (Phi) is 6.58. The molecule has 0 unspecified atom stereocenters. The first kappa shape index (κ1) is 21.7. The molecule has 0 aliphatic carbocycles. The second-order valence-corrected chi connectivity index (χ2v) is 8.79. The SMILES string of the molecule is CN1C(=O)c2ccccc2Sc2ccc(NC(=O)CCCCc3ccc(C#N)cc3)cc21. The first-order valence-electron chi connectivity index (χ1n) is 10.5. The smallest absolute Gasteiger partial charge is 0.259 e. The van der Waals surface area contributed by atoms with Gasteiger partial charge in [0.15, 0.2) is 0 Å². The van der Waals surface area contributed by atoms with Crippen molar-refractivity contribution in [2.75, 3.05) is 17.3 Å². The summed E-state index contributed by atoms with van der Waals surface area (Å²) in [5.41, 5.74) is 3.98. The van der Waals surface area contributed by atoms with Crippen LogP contribution in [0, 0.1) is 11.3 Å². The Balaban J connectivity index is 1.34. The van der Waals surface area contributed by atoms with Crippen LogP contribution in [0.1, 0.15) is 40.7 Å². The third-order valence-electron chi connectivity index (χ3n) is 5.45. The zero-order valence-electron chi connectivity index (χ0n) is 17.8. The Morgan fingerprint density at radius 3 is 2.59 bits per heavy atom. The molecule has 0 atom stereocenters. The third kappa shape index (κ3) is 4.84. The quantitative estimate of drug-likeness (QED) is 0.502. The van der Waals surface area contributed by atoms with Crippen molar-refractivity contribution < 1.29 is 9.59 Å². The van der Waals surface area contributed by atoms with E-state index in [0.29, 0.717) is 23.2 Å². The normalized spacial score (nSPS) is 12.4. The molecule has 1 aliphatic heterocycles. The van der Waals surface area contributed by atoms with Crippen LogP contribution in [0.25, 0.3) is 0 Å². The van der Waals surface area contributed by atoms with E-state index in [0.717, 1.165) is 34.7 Å². The summed E-state index contributed by atoms with van der Waals surface area (Å²) in [5, 5.41) is 11.8. The fourth-order valence-electron chi connectivity index (χ4n) is 3.67. The molecule has 0 radical (unpaired) electrons. The summed E-state index contributed by atoms with van der Waals surface area (Å²) < 4.78 is 0. The van der Waals surface area contributed by atoms with E-state index < -0.39 is 0 Å². The lowest BCUT2D eigenvalue weighted by atomic mass is 10.1. The van der Waals surface area contributed by atoms with E-state index in [1.165, 1.54) is 5.56 Å². The summed E-state index contributed by atoms with van der Waals surface area (Å²) in [6, 6.07) is 23.0. The second kappa shape index (κ2) is 9.71. The maximum absolute atomic E-state index is 12.9. The number of carbonyl (C=O) groups excluding carboxylic acids is 2. The highest BCUT2D eigenvalue weighted by Gasteiger charge is 2.24. The molecular weight excluding hydrogens is 418 g/mol. The van der Waals surface area contributed by atoms with Gasteiger partial charge in [0.25, 0.3) is 5.91 Å². The van der Waals surface area contributed by atoms with Crippen molar-refractivity contribution in [3.8, 4) is 6.07 Å². The van der Waals surface area contributed by atoms with E-state index in [2.05, 4.69) is 11.4 Å². The lowest BCUT2D eigenvalue weighted by Gasteiger charge is -2.18. The van der Waals surface area contributed by atoms with Gasteiger partial charge in [-0.05, 0) is 67.3 Å². The average molecular weight is 442 g/mol. The van der Waals surface area contributed by atoms with Gasteiger partial charge in [-0.2, -0.15) is 5.26 Å². The van der Waals surface area contributed by atoms with E-state index >= 15 is 0 Å². The van der Waals surface area contributed by atoms with Crippen molar-refractivity contribution >= 4 is 35.0 Å². The highest BCUT2D eigenvalue weighted by Crippen LogP contribution is 2.41. The molecule has 1 N–H and O–H groups in total. The van der Waals surface area contributed by atoms with Crippen LogP contribution < -0.4 is 10.2 Å². The van der Waals surface area contributed by atoms with Crippen LogP contribution in [0.3, 0.4) is 0 Å². The van der Waals surface area contributed by atoms with Gasteiger partial charge in [-0.25, -0.2) is 0 Å². The fourth-order valence-corrected chi connectivity index (χ4v) is 4.75. The van der Waals surface area contributed by atoms with Crippen LogP contribution >= 0.6 is 11.8 Å². The minimum absolute atomic E-state index is 0.0386. The molecule has 5 nitrogen and oxygen atoms in total. The molecule has 160 valence electrons. The van der Waals surface area contributed by atoms with Crippen molar-refractivity contribution in [3.63, 3.8) is 0 Å². The lowest BCUT2D eigenvalue weighted by molar-refractivity contribution is -0.116. The first-order chi connectivity index (χ1) is 15.5. The van der Waals surface area contributed by atoms with Crippen molar-refractivity contribution in [2.45, 2.75) is 35.5 Å². The van der Waals surface area contributed by atoms with Crippen molar-refractivity contribution in [1.82, 2.24) is 0 Å². The number of hydrogen-bond donors (Lipinski definition) is 1. The largest absolute Gasteiger partial charge is 0.326 e. The summed E-state index contributed by atoms with van der Waals surface area (Å²) in [4.78, 5) is 28.9. The standard InChI is InChI=1S/C26H23N3O2S/c1-29-22-16-20(14-15-24(22)32-23-8-4-3-7-21(23)26(29)31)28-25(30)9-5-2-6-18-10-12-19(17-27)13-11-18/h3-4,7-8,10-16H,2,5-6,9H2,1H3,(H,28,30). The fraction of sp³-hybridized carbons (Fsp3) is 0.192. The highest BCUT2D eigenvalue weighted by atomic mass is 32.2. The number of nitrogens with zero attached hydrogens (tertiary/aromatic N) is 2. The molecule has 0 saturated heterocycles. The lowest BCUT2D eigenvalue weighted by Crippen LogP contribution is -2.26. The van der Waals surface area contributed by atoms with Crippen molar-refractivity contribution in [1.29, 1.82) is 5.26 Å². The molecule has 1 aliphatic rings. The van der Waals surface area contributed by atoms with Gasteiger partial charge in [-0.1, -0.05) is 36.0 Å². The topological polar surface area (TPSA) is 73.2 Å². The maximum atomic E-state index is 12.9. The molecule has 0 saturated carbocycles. The number of benzene rings is 3. The van der Waals surface area contributed by atoms with Gasteiger partial charge in [0.1, 0.15) is 0 Å². The number of hydrogen-bond acceptors (Lipinski definition) is 4. The number of carbonyl (C=O) groups is 2. The second-order valence-electron chi connectivity index (χ2n) is 7.71. The number of amides is 2. The van der Waals surface area contributed by atoms with Gasteiger partial charge >= 0.3 is 0 Å². The number of unbranched alkanes of at least 4 members (excludes halogenated alkanes) is 1. The van der Waals surface area contributed by atoms with E-state index in [4.69, 9.17) is 5.26 Å². The van der Waals surface area contributed by atoms with Crippen LogP contribution in [0.5, 0.6) is 0 Å². The molecule has 32 heavy (non-hydrogen) atoms. The van der Waals surface area contributed by atoms with E-state index in [1.807, 2.05) is 66.7 Å². The summed E-state index contributed by atoms with van der Waals surface area (Å²) in [7, 11) is 1.76. The Morgan fingerprint density at radius 2 is 1.81 bits per heavy atom. The number of anilines is 2.